The maximum Gasteiger partial charge on any atom is 0.263 e. The molecular weight excluding hydrogens is 286 g/mol. The minimum Gasteiger partial charge on any atom is -0.367 e. The first-order valence-electron chi connectivity index (χ1n) is 5.40. The number of nitrogens with one attached hydrogen (secondary N) is 1. The number of rotatable bonds is 4. The molecule has 0 bridgehead atoms. The molecular formula is C13H10ClNO3S. The Hall–Kier alpha value is -1.69. The van der Waals surface area contributed by atoms with E-state index in [9.17, 15) is 14.7 Å². The van der Waals surface area contributed by atoms with Crippen molar-refractivity contribution in [2.75, 3.05) is 0 Å². The monoisotopic (exact) mass is 295 g/mol. The van der Waals surface area contributed by atoms with Gasteiger partial charge in [0.2, 0.25) is 5.78 Å². The Morgan fingerprint density at radius 3 is 2.47 bits per heavy atom. The van der Waals surface area contributed by atoms with Gasteiger partial charge in [0.25, 0.3) is 5.91 Å². The van der Waals surface area contributed by atoms with Crippen LogP contribution in [0, 0.1) is 0 Å². The molecule has 1 aromatic heterocycles. The lowest BCUT2D eigenvalue weighted by atomic mass is 10.1. The average Bonchev–Trinajstić information content (AvgIpc) is 2.92. The van der Waals surface area contributed by atoms with Crippen LogP contribution >= 0.6 is 22.9 Å². The van der Waals surface area contributed by atoms with Crippen LogP contribution in [0.2, 0.25) is 5.02 Å². The summed E-state index contributed by atoms with van der Waals surface area (Å²) in [5, 5.41) is 14.2. The molecule has 0 saturated heterocycles. The molecule has 0 aliphatic heterocycles. The number of carbonyl (C=O) groups is 2. The van der Waals surface area contributed by atoms with E-state index in [4.69, 9.17) is 11.6 Å². The highest BCUT2D eigenvalue weighted by atomic mass is 35.5. The minimum atomic E-state index is -1.57. The summed E-state index contributed by atoms with van der Waals surface area (Å²) in [7, 11) is 0. The molecule has 1 aromatic carbocycles. The van der Waals surface area contributed by atoms with Gasteiger partial charge in [-0.2, -0.15) is 0 Å². The van der Waals surface area contributed by atoms with Gasteiger partial charge in [0.1, 0.15) is 0 Å². The van der Waals surface area contributed by atoms with Gasteiger partial charge in [-0.05, 0) is 35.7 Å². The Labute approximate surface area is 118 Å². The van der Waals surface area contributed by atoms with Gasteiger partial charge in [-0.1, -0.05) is 17.7 Å². The molecule has 2 rings (SSSR count). The molecule has 1 heterocycles. The maximum atomic E-state index is 11.9. The van der Waals surface area contributed by atoms with Crippen LogP contribution in [0.5, 0.6) is 0 Å². The fourth-order valence-electron chi connectivity index (χ4n) is 1.44. The van der Waals surface area contributed by atoms with Gasteiger partial charge in [-0.3, -0.25) is 9.59 Å². The lowest BCUT2D eigenvalue weighted by molar-refractivity contribution is 0.0609. The molecule has 98 valence electrons. The highest BCUT2D eigenvalue weighted by Gasteiger charge is 2.20. The number of aliphatic hydroxyl groups excluding tert-OH is 1. The number of hydrogen-bond acceptors (Lipinski definition) is 4. The molecule has 1 amide bonds. The van der Waals surface area contributed by atoms with Crippen LogP contribution < -0.4 is 5.32 Å². The summed E-state index contributed by atoms with van der Waals surface area (Å²) < 4.78 is 0. The van der Waals surface area contributed by atoms with Crippen molar-refractivity contribution < 1.29 is 14.7 Å². The highest BCUT2D eigenvalue weighted by molar-refractivity contribution is 7.12. The average molecular weight is 296 g/mol. The first-order chi connectivity index (χ1) is 9.08. The number of thiophene rings is 1. The Morgan fingerprint density at radius 2 is 1.89 bits per heavy atom. The molecule has 1 unspecified atom stereocenters. The van der Waals surface area contributed by atoms with Crippen LogP contribution in [0.3, 0.4) is 0 Å². The Bertz CT molecular complexity index is 580. The second kappa shape index (κ2) is 5.97. The summed E-state index contributed by atoms with van der Waals surface area (Å²) in [4.78, 5) is 24.0. The van der Waals surface area contributed by atoms with Crippen molar-refractivity contribution in [2.24, 2.45) is 0 Å². The molecule has 2 aromatic rings. The van der Waals surface area contributed by atoms with Crippen molar-refractivity contribution in [1.82, 2.24) is 5.32 Å². The third-order valence-electron chi connectivity index (χ3n) is 2.39. The standard InChI is InChI=1S/C13H10ClNO3S/c14-9-5-3-8(4-6-9)11(16)13(18)15-12(17)10-2-1-7-19-10/h1-7,13,18H,(H,15,17). The van der Waals surface area contributed by atoms with Gasteiger partial charge in [-0.15, -0.1) is 11.3 Å². The van der Waals surface area contributed by atoms with Gasteiger partial charge in [-0.25, -0.2) is 0 Å². The zero-order chi connectivity index (χ0) is 13.8. The van der Waals surface area contributed by atoms with Gasteiger partial charge < -0.3 is 10.4 Å². The summed E-state index contributed by atoms with van der Waals surface area (Å²) in [6.45, 7) is 0. The van der Waals surface area contributed by atoms with E-state index in [0.29, 0.717) is 9.90 Å². The molecule has 0 saturated carbocycles. The van der Waals surface area contributed by atoms with Crippen LogP contribution in [0.15, 0.2) is 41.8 Å². The summed E-state index contributed by atoms with van der Waals surface area (Å²) in [5.41, 5.74) is 0.281. The topological polar surface area (TPSA) is 66.4 Å². The lowest BCUT2D eigenvalue weighted by Gasteiger charge is -2.11. The van der Waals surface area contributed by atoms with Crippen LogP contribution in [-0.2, 0) is 0 Å². The third kappa shape index (κ3) is 3.41. The van der Waals surface area contributed by atoms with E-state index >= 15 is 0 Å². The molecule has 0 spiro atoms. The zero-order valence-electron chi connectivity index (χ0n) is 9.67. The number of Topliss-reactive ketones (excluding diaryl/α,β-unsaturated/α-hetero) is 1. The summed E-state index contributed by atoms with van der Waals surface area (Å²) in [6.07, 6.45) is -1.57. The first kappa shape index (κ1) is 13.7. The fourth-order valence-corrected chi connectivity index (χ4v) is 2.19. The van der Waals surface area contributed by atoms with E-state index in [1.54, 1.807) is 29.6 Å². The van der Waals surface area contributed by atoms with E-state index in [1.807, 2.05) is 0 Å². The van der Waals surface area contributed by atoms with E-state index in [0.717, 1.165) is 0 Å². The molecule has 0 radical (unpaired) electrons. The van der Waals surface area contributed by atoms with E-state index in [-0.39, 0.29) is 5.56 Å². The zero-order valence-corrected chi connectivity index (χ0v) is 11.2. The molecule has 2 N–H and O–H groups in total. The number of benzene rings is 1. The predicted octanol–water partition coefficient (Wildman–Crippen LogP) is 2.33. The summed E-state index contributed by atoms with van der Waals surface area (Å²) in [5.74, 6) is -1.06. The maximum absolute atomic E-state index is 11.9. The number of ketones is 1. The van der Waals surface area contributed by atoms with Crippen molar-refractivity contribution in [2.45, 2.75) is 6.23 Å². The van der Waals surface area contributed by atoms with Crippen molar-refractivity contribution in [1.29, 1.82) is 0 Å². The quantitative estimate of drug-likeness (QED) is 0.672. The minimum absolute atomic E-state index is 0.281. The molecule has 6 heteroatoms. The van der Waals surface area contributed by atoms with Crippen molar-refractivity contribution in [3.8, 4) is 0 Å². The SMILES string of the molecule is O=C(NC(O)C(=O)c1ccc(Cl)cc1)c1cccs1. The lowest BCUT2D eigenvalue weighted by Crippen LogP contribution is -2.40. The van der Waals surface area contributed by atoms with E-state index in [1.165, 1.54) is 23.5 Å². The largest absolute Gasteiger partial charge is 0.367 e. The smallest absolute Gasteiger partial charge is 0.263 e. The highest BCUT2D eigenvalue weighted by Crippen LogP contribution is 2.12. The van der Waals surface area contributed by atoms with Gasteiger partial charge in [0.05, 0.1) is 4.88 Å². The van der Waals surface area contributed by atoms with Crippen LogP contribution in [0.4, 0.5) is 0 Å². The molecule has 0 fully saturated rings. The second-order valence-electron chi connectivity index (χ2n) is 3.72. The second-order valence-corrected chi connectivity index (χ2v) is 5.11. The summed E-state index contributed by atoms with van der Waals surface area (Å²) >= 11 is 6.94. The predicted molar refractivity (Wildman–Crippen MR) is 73.6 cm³/mol. The third-order valence-corrected chi connectivity index (χ3v) is 3.51. The number of aliphatic hydroxyl groups is 1. The number of carbonyl (C=O) groups excluding carboxylic acids is 2. The number of halogens is 1. The summed E-state index contributed by atoms with van der Waals surface area (Å²) in [6, 6.07) is 9.40. The van der Waals surface area contributed by atoms with Crippen molar-refractivity contribution in [3.63, 3.8) is 0 Å². The molecule has 0 aliphatic carbocycles. The molecule has 4 nitrogen and oxygen atoms in total. The number of amides is 1. The van der Waals surface area contributed by atoms with Crippen LogP contribution in [0.1, 0.15) is 20.0 Å². The first-order valence-corrected chi connectivity index (χ1v) is 6.66. The van der Waals surface area contributed by atoms with Gasteiger partial charge >= 0.3 is 0 Å². The Morgan fingerprint density at radius 1 is 1.21 bits per heavy atom. The van der Waals surface area contributed by atoms with E-state index in [2.05, 4.69) is 5.32 Å². The number of hydrogen-bond donors (Lipinski definition) is 2. The molecule has 0 aliphatic rings. The van der Waals surface area contributed by atoms with Gasteiger partial charge in [0.15, 0.2) is 6.23 Å². The normalized spacial score (nSPS) is 11.9. The van der Waals surface area contributed by atoms with Gasteiger partial charge in [0, 0.05) is 10.6 Å². The fraction of sp³-hybridized carbons (Fsp3) is 0.0769. The van der Waals surface area contributed by atoms with Crippen LogP contribution in [-0.4, -0.2) is 23.0 Å². The van der Waals surface area contributed by atoms with Crippen molar-refractivity contribution in [3.05, 3.63) is 57.2 Å². The molecule has 19 heavy (non-hydrogen) atoms. The Balaban J connectivity index is 2.03. The molecule has 1 atom stereocenters. The van der Waals surface area contributed by atoms with Crippen molar-refractivity contribution >= 4 is 34.6 Å². The van der Waals surface area contributed by atoms with E-state index < -0.39 is 17.9 Å². The van der Waals surface area contributed by atoms with Crippen LogP contribution in [0.25, 0.3) is 0 Å². The Kier molecular flexibility index (Phi) is 4.31.